The van der Waals surface area contributed by atoms with E-state index in [4.69, 9.17) is 80.9 Å². The predicted octanol–water partition coefficient (Wildman–Crippen LogP) is 36.5. The van der Waals surface area contributed by atoms with E-state index in [2.05, 4.69) is 29.9 Å². The normalized spacial score (nSPS) is 19.5. The van der Waals surface area contributed by atoms with Crippen molar-refractivity contribution in [3.8, 4) is 141 Å². The van der Waals surface area contributed by atoms with Crippen LogP contribution in [0.15, 0.2) is 478 Å². The van der Waals surface area contributed by atoms with Gasteiger partial charge >= 0.3 is 0 Å². The van der Waals surface area contributed by atoms with Crippen LogP contribution < -0.4 is 0 Å². The van der Waals surface area contributed by atoms with Crippen LogP contribution in [0.3, 0.4) is 0 Å². The third kappa shape index (κ3) is 15.6. The summed E-state index contributed by atoms with van der Waals surface area (Å²) >= 11 is 1.33. The van der Waals surface area contributed by atoms with Crippen LogP contribution in [-0.4, -0.2) is 29.9 Å². The molecule has 0 amide bonds. The molecule has 0 radical (unpaired) electrons. The molecule has 18 aromatic carbocycles. The molecule has 652 valence electrons. The highest BCUT2D eigenvalue weighted by molar-refractivity contribution is 7.20. The van der Waals surface area contributed by atoms with Crippen molar-refractivity contribution in [1.82, 2.24) is 29.9 Å². The Kier molecular flexibility index (Phi) is 9.17. The van der Waals surface area contributed by atoms with Crippen LogP contribution in [0.25, 0.3) is 260 Å². The van der Waals surface area contributed by atoms with E-state index in [1.54, 1.807) is 0 Å². The second-order valence-corrected chi connectivity index (χ2v) is 32.2. The number of nitrogens with zero attached hydrogens (tertiary/aromatic N) is 6. The quantitative estimate of drug-likeness (QED) is 0.101. The molecule has 0 fully saturated rings. The maximum atomic E-state index is 10.2. The first-order chi connectivity index (χ1) is 102. The van der Waals surface area contributed by atoms with Crippen LogP contribution >= 0.6 is 34.0 Å². The molecule has 9 heterocycles. The average Bonchev–Trinajstić information content (AvgIpc) is 1.19. The SMILES string of the molecule is [2H]c1nc2c(c([2H])c1[2H])c([2H])c([2H])c1c([2H])c([2H])c(-c3c([2H])c([2H])c(-c4c([2H])c([2H])c(-c5c(-c6c([2H])c([2H])c([2H])c([2H])c6[2H])sc(-c6c([2H])c([2H])c([2H])c([2H])c6[2H])c5-c5c([2H])c([2H])c([2H])c([2H])c5[2H])c([2H])c4CC)c4c([2H])c([2H])c([2H])c([2H])c34)nc12.[2H]c1nc2c(c([2H])c1[2H])c([2H])c([2H])c1c([2H])c([2H])c(-c3c([2H])c([2H])c(-c4c([2H])c([2H])c(-c5sc(-c6c([2H])c([2H])c([2H])c7c([2H])c([2H])c([2H])c([2H])c67)c([2H])c5[2H])c([2H])c4[2H])c4c([2H])c([2H])c([2H])c([2H])c34)nc12.[2H]c1nc2c(c([2H])c1[2H])c([2H])c([2H])c1c([2H])c([2H])c(-c3c([2H])c([2H])c(-c4sc(-c5c([2H])c([2H])c([2H])c6c([2H])c([2H])c([2H])c([2H])c56)c([2H])c4[2H])c4c([2H])c([2H])c([2H])c([2H])c34)nc12. The van der Waals surface area contributed by atoms with Crippen LogP contribution in [-0.2, 0) is 6.42 Å². The summed E-state index contributed by atoms with van der Waals surface area (Å²) in [5.74, 6) is 0. The van der Waals surface area contributed by atoms with E-state index in [0.29, 0.717) is 34.0 Å². The first-order valence-corrected chi connectivity index (χ1v) is 43.2. The lowest BCUT2D eigenvalue weighted by Gasteiger charge is -2.17. The second-order valence-electron chi connectivity index (χ2n) is 29.1. The zero-order valence-corrected chi connectivity index (χ0v) is 72.1. The van der Waals surface area contributed by atoms with Crippen molar-refractivity contribution in [3.05, 3.63) is 483 Å². The predicted molar refractivity (Wildman–Crippen MR) is 592 cm³/mol. The van der Waals surface area contributed by atoms with E-state index >= 15 is 0 Å². The fourth-order valence-corrected chi connectivity index (χ4v) is 18.1. The van der Waals surface area contributed by atoms with Crippen LogP contribution in [0.1, 0.15) is 121 Å². The number of hydrogen-bond acceptors (Lipinski definition) is 9. The van der Waals surface area contributed by atoms with Gasteiger partial charge in [-0.25, -0.2) is 15.0 Å². The van der Waals surface area contributed by atoms with Gasteiger partial charge in [-0.1, -0.05) is 406 Å². The highest BCUT2D eigenvalue weighted by Gasteiger charge is 2.26. The molecule has 0 aliphatic heterocycles. The number of rotatable bonds is 14. The topological polar surface area (TPSA) is 77.3 Å². The van der Waals surface area contributed by atoms with E-state index in [-0.39, 0.29) is 31.1 Å². The minimum absolute atomic E-state index is 0.321. The Morgan fingerprint density at radius 1 is 0.194 bits per heavy atom. The molecule has 27 rings (SSSR count). The van der Waals surface area contributed by atoms with Crippen molar-refractivity contribution in [2.24, 2.45) is 0 Å². The molecule has 0 unspecified atom stereocenters. The van der Waals surface area contributed by atoms with E-state index in [9.17, 15) is 27.4 Å². The largest absolute Gasteiger partial charge is 0.254 e. The summed E-state index contributed by atoms with van der Waals surface area (Å²) in [6.07, 6.45) is -2.66. The molecule has 9 heteroatoms. The summed E-state index contributed by atoms with van der Waals surface area (Å²) in [5, 5.41) is -7.92. The summed E-state index contributed by atoms with van der Waals surface area (Å²) < 4.78 is 700. The number of aromatic nitrogens is 6. The maximum absolute atomic E-state index is 10.2. The lowest BCUT2D eigenvalue weighted by molar-refractivity contribution is 1.14. The molecular formula is C130H84N6S3. The molecule has 0 saturated carbocycles. The third-order valence-corrected chi connectivity index (χ3v) is 24.6. The molecule has 0 bridgehead atoms. The zero-order chi connectivity index (χ0) is 161. The minimum Gasteiger partial charge on any atom is -0.254 e. The highest BCUT2D eigenvalue weighted by Crippen LogP contribution is 2.54. The van der Waals surface area contributed by atoms with Gasteiger partial charge in [-0.05, 0) is 193 Å². The van der Waals surface area contributed by atoms with Crippen molar-refractivity contribution in [1.29, 1.82) is 0 Å². The zero-order valence-electron chi connectivity index (χ0n) is 149. The van der Waals surface area contributed by atoms with Crippen molar-refractivity contribution >= 4 is 153 Å². The summed E-state index contributed by atoms with van der Waals surface area (Å²) in [6, 6.07) is -63.4. The molecular weight excluding hydrogens is 1740 g/mol. The van der Waals surface area contributed by atoms with E-state index in [1.807, 2.05) is 0 Å². The number of pyridine rings is 6. The number of hydrogen-bond donors (Lipinski definition) is 0. The van der Waals surface area contributed by atoms with Crippen LogP contribution in [0.4, 0.5) is 0 Å². The van der Waals surface area contributed by atoms with Crippen LogP contribution in [0.5, 0.6) is 0 Å². The fraction of sp³-hybridized carbons (Fsp3) is 0.0154. The molecule has 6 nitrogen and oxygen atoms in total. The third-order valence-electron chi connectivity index (χ3n) is 21.3. The molecule has 0 spiro atoms. The smallest absolute Gasteiger partial charge is 0.0972 e. The highest BCUT2D eigenvalue weighted by atomic mass is 32.1. The summed E-state index contributed by atoms with van der Waals surface area (Å²) in [5.41, 5.74) is -16.0. The van der Waals surface area contributed by atoms with Gasteiger partial charge in [0.25, 0.3) is 0 Å². The first kappa shape index (κ1) is 35.2. The Morgan fingerprint density at radius 3 is 0.942 bits per heavy atom. The first-order valence-electron chi connectivity index (χ1n) is 80.2. The van der Waals surface area contributed by atoms with Crippen molar-refractivity contribution in [3.63, 3.8) is 0 Å². The lowest BCUT2D eigenvalue weighted by atomic mass is 9.87. The lowest BCUT2D eigenvalue weighted by Crippen LogP contribution is -1.94. The molecule has 0 atom stereocenters. The number of fused-ring (bicyclic) bond motifs is 14. The van der Waals surface area contributed by atoms with Gasteiger partial charge in [-0.3, -0.25) is 15.0 Å². The Balaban J connectivity index is 0.000000157. The van der Waals surface area contributed by atoms with Gasteiger partial charge in [-0.2, -0.15) is 0 Å². The standard InChI is InChI=1S/C52H36N2S.C42H26N2S.C36H22N2S/c1-2-34-33-40(48-47(35-15-6-3-7-16-35)51(38-17-8-4-9-18-38)55-52(48)39-19-10-5-11-20-39)26-28-41(34)44-29-30-45(43-23-13-12-22-42(43)44)46-31-27-37-25-24-36-21-14-32-53-49(36)50(37)54-46;1-2-10-32-27(7-1)8-5-13-37(32)40-25-24-39(45-40)29-16-14-28(15-17-29)33-21-22-36(35-12-4-3-11-34(33)35)38-23-20-31-19-18-30-9-6-26-43-41(30)42(31)44-38;1-2-10-26-23(7-1)8-5-13-30(26)33-20-21-34(39-33)31-18-17-29(27-11-3-4-12-28(27)31)32-19-16-25-15-14-24-9-6-22-37-35(24)36(25)38-32/h3-33H,2H2,1H3;1-26H;1-22H/i3D,4D,5D,6D,7D,8D,9D,10D,11D,12D,13D,14D,15D,16D,17D,18D,19D,20D,21D,22D,23D,24D,25D,26D,27D,28D,29D,30D,31D,32D,33D;1D,2D,3D,4D,5D,6D,7D,8D,9D,10D,11D,12D,13D,14D,15D,16D,17D,18D,19D,20D,21D,22D,23D,24D,25D,26D;1D,2D,3D,4D,5D,6D,7D,8D,9D,10D,11D,12D,13D,14D,15D,16D,17D,18D,19D,20D,21D,22D. The summed E-state index contributed by atoms with van der Waals surface area (Å²) in [7, 11) is 0. The van der Waals surface area contributed by atoms with E-state index < -0.39 is 719 Å². The number of benzene rings is 18. The van der Waals surface area contributed by atoms with Crippen molar-refractivity contribution in [2.75, 3.05) is 0 Å². The second kappa shape index (κ2) is 36.2. The molecule has 0 aliphatic rings. The van der Waals surface area contributed by atoms with Gasteiger partial charge in [0.1, 0.15) is 0 Å². The molecule has 0 aliphatic carbocycles. The number of thiophene rings is 3. The van der Waals surface area contributed by atoms with Gasteiger partial charge in [0.05, 0.1) is 158 Å². The Labute approximate surface area is 927 Å². The summed E-state index contributed by atoms with van der Waals surface area (Å²) in [4.78, 5) is 22.9. The molecule has 0 saturated heterocycles. The van der Waals surface area contributed by atoms with Gasteiger partial charge in [-0.15, -0.1) is 34.0 Å². The Morgan fingerprint density at radius 2 is 0.496 bits per heavy atom. The van der Waals surface area contributed by atoms with Gasteiger partial charge in [0.2, 0.25) is 0 Å². The maximum Gasteiger partial charge on any atom is 0.0972 e. The van der Waals surface area contributed by atoms with Crippen molar-refractivity contribution in [2.45, 2.75) is 13.3 Å². The Hall–Kier alpha value is -17.2. The van der Waals surface area contributed by atoms with Gasteiger partial charge in [0, 0.05) is 108 Å². The van der Waals surface area contributed by atoms with Crippen LogP contribution in [0, 0.1) is 0 Å². The van der Waals surface area contributed by atoms with Gasteiger partial charge < -0.3 is 0 Å². The average molecular weight is 1910 g/mol. The van der Waals surface area contributed by atoms with Gasteiger partial charge in [0.15, 0.2) is 0 Å². The Bertz CT molecular complexity index is 14600. The molecule has 27 aromatic rings. The molecule has 139 heavy (non-hydrogen) atoms. The minimum atomic E-state index is -1.08. The van der Waals surface area contributed by atoms with E-state index in [1.165, 1.54) is 6.92 Å². The van der Waals surface area contributed by atoms with E-state index in [0.717, 1.165) is 0 Å². The fourth-order valence-electron chi connectivity index (χ4n) is 15.1. The summed E-state index contributed by atoms with van der Waals surface area (Å²) in [6.45, 7) is 1.41. The van der Waals surface area contributed by atoms with Crippen LogP contribution in [0.2, 0.25) is 0 Å². The molecule has 9 aromatic heterocycles. The van der Waals surface area contributed by atoms with Crippen molar-refractivity contribution < 1.29 is 108 Å². The monoisotopic (exact) mass is 1900 g/mol. The molecule has 0 N–H and O–H groups in total.